The molecular formula is C37H52N4OS6. The van der Waals surface area contributed by atoms with Crippen LogP contribution < -0.4 is 11.1 Å². The summed E-state index contributed by atoms with van der Waals surface area (Å²) in [5, 5.41) is 5.05. The molecule has 0 aliphatic carbocycles. The normalized spacial score (nSPS) is 16.3. The molecule has 0 bridgehead atoms. The van der Waals surface area contributed by atoms with Crippen LogP contribution in [0.15, 0.2) is 63.9 Å². The summed E-state index contributed by atoms with van der Waals surface area (Å²) in [6.07, 6.45) is 13.9. The lowest BCUT2D eigenvalue weighted by molar-refractivity contribution is -0.112. The van der Waals surface area contributed by atoms with Crippen LogP contribution in [0.1, 0.15) is 92.9 Å². The van der Waals surface area contributed by atoms with Gasteiger partial charge in [-0.2, -0.15) is 0 Å². The fourth-order valence-electron chi connectivity index (χ4n) is 5.22. The van der Waals surface area contributed by atoms with E-state index in [1.165, 1.54) is 68.3 Å². The second-order valence-corrected chi connectivity index (χ2v) is 20.7. The highest BCUT2D eigenvalue weighted by Crippen LogP contribution is 2.62. The zero-order valence-electron chi connectivity index (χ0n) is 29.3. The third kappa shape index (κ3) is 12.9. The predicted octanol–water partition coefficient (Wildman–Crippen LogP) is 12.9. The predicted molar refractivity (Wildman–Crippen MR) is 223 cm³/mol. The summed E-state index contributed by atoms with van der Waals surface area (Å²) in [4.78, 5) is 23.0. The molecule has 0 fully saturated rings. The number of nitrogens with two attached hydrogens (primary N) is 1. The Balaban J connectivity index is 1.36. The first-order valence-corrected chi connectivity index (χ1v) is 22.5. The monoisotopic (exact) mass is 760 g/mol. The third-order valence-corrected chi connectivity index (χ3v) is 16.7. The fourth-order valence-corrected chi connectivity index (χ4v) is 14.0. The molecule has 2 unspecified atom stereocenters. The number of nitrogens with one attached hydrogen (secondary N) is 1. The summed E-state index contributed by atoms with van der Waals surface area (Å²) in [5.74, 6) is 5.27. The lowest BCUT2D eigenvalue weighted by Gasteiger charge is -2.13. The molecule has 48 heavy (non-hydrogen) atoms. The zero-order chi connectivity index (χ0) is 34.5. The molecule has 5 nitrogen and oxygen atoms in total. The van der Waals surface area contributed by atoms with Gasteiger partial charge in [0.25, 0.3) is 5.91 Å². The summed E-state index contributed by atoms with van der Waals surface area (Å²) in [6, 6.07) is 7.24. The van der Waals surface area contributed by atoms with Gasteiger partial charge in [0.2, 0.25) is 0 Å². The van der Waals surface area contributed by atoms with E-state index in [9.17, 15) is 4.79 Å². The average Bonchev–Trinajstić information content (AvgIpc) is 3.69. The maximum absolute atomic E-state index is 13.5. The van der Waals surface area contributed by atoms with Crippen molar-refractivity contribution in [1.82, 2.24) is 9.97 Å². The van der Waals surface area contributed by atoms with Crippen molar-refractivity contribution in [3.05, 3.63) is 63.9 Å². The first kappa shape index (κ1) is 39.7. The van der Waals surface area contributed by atoms with Gasteiger partial charge in [-0.3, -0.25) is 14.8 Å². The third-order valence-electron chi connectivity index (χ3n) is 8.17. The van der Waals surface area contributed by atoms with Gasteiger partial charge in [-0.15, -0.1) is 23.5 Å². The van der Waals surface area contributed by atoms with Gasteiger partial charge in [-0.05, 0) is 77.7 Å². The second kappa shape index (κ2) is 20.7. The average molecular weight is 761 g/mol. The van der Waals surface area contributed by atoms with Crippen LogP contribution in [0.3, 0.4) is 0 Å². The Labute approximate surface area is 314 Å². The van der Waals surface area contributed by atoms with Crippen molar-refractivity contribution in [2.45, 2.75) is 92.9 Å². The first-order chi connectivity index (χ1) is 23.1. The van der Waals surface area contributed by atoms with E-state index >= 15 is 0 Å². The Kier molecular flexibility index (Phi) is 17.1. The van der Waals surface area contributed by atoms with Gasteiger partial charge in [0.1, 0.15) is 11.4 Å². The van der Waals surface area contributed by atoms with E-state index in [1.807, 2.05) is 64.6 Å². The number of carbonyl (C=O) groups excluding carboxylic acids is 1. The zero-order valence-corrected chi connectivity index (χ0v) is 34.2. The number of carbonyl (C=O) groups is 1. The number of anilines is 2. The molecule has 0 spiro atoms. The Morgan fingerprint density at radius 2 is 1.31 bits per heavy atom. The molecule has 11 heteroatoms. The number of thioether (sulfide) groups is 6. The topological polar surface area (TPSA) is 80.9 Å². The lowest BCUT2D eigenvalue weighted by atomic mass is 9.98. The van der Waals surface area contributed by atoms with Gasteiger partial charge in [0.15, 0.2) is 0 Å². The van der Waals surface area contributed by atoms with Crippen LogP contribution in [-0.4, -0.2) is 27.4 Å². The highest BCUT2D eigenvalue weighted by atomic mass is 32.3. The lowest BCUT2D eigenvalue weighted by Crippen LogP contribution is -2.13. The van der Waals surface area contributed by atoms with Crippen molar-refractivity contribution in [3.63, 3.8) is 0 Å². The Morgan fingerprint density at radius 1 is 0.750 bits per heavy atom. The molecule has 2 aliphatic heterocycles. The number of rotatable bonds is 19. The van der Waals surface area contributed by atoms with Crippen LogP contribution in [0.5, 0.6) is 0 Å². The van der Waals surface area contributed by atoms with E-state index in [4.69, 9.17) is 5.73 Å². The molecule has 0 radical (unpaired) electrons. The quantitative estimate of drug-likeness (QED) is 0.144. The van der Waals surface area contributed by atoms with Crippen LogP contribution in [0.25, 0.3) is 11.4 Å². The molecule has 1 amide bonds. The molecule has 0 saturated heterocycles. The van der Waals surface area contributed by atoms with E-state index in [0.29, 0.717) is 27.7 Å². The molecule has 2 aromatic heterocycles. The minimum atomic E-state index is -0.144. The van der Waals surface area contributed by atoms with E-state index in [-0.39, 0.29) is 5.91 Å². The van der Waals surface area contributed by atoms with Crippen LogP contribution >= 0.6 is 70.6 Å². The van der Waals surface area contributed by atoms with Gasteiger partial charge in [-0.1, -0.05) is 127 Å². The van der Waals surface area contributed by atoms with Gasteiger partial charge in [-0.25, -0.2) is 0 Å². The van der Waals surface area contributed by atoms with Gasteiger partial charge in [0, 0.05) is 12.4 Å². The van der Waals surface area contributed by atoms with E-state index in [1.54, 1.807) is 48.1 Å². The summed E-state index contributed by atoms with van der Waals surface area (Å²) in [7, 11) is 0. The second-order valence-electron chi connectivity index (χ2n) is 13.5. The van der Waals surface area contributed by atoms with Crippen molar-refractivity contribution in [2.75, 3.05) is 22.6 Å². The number of hydrogen-bond donors (Lipinski definition) is 2. The molecule has 0 aromatic carbocycles. The van der Waals surface area contributed by atoms with Crippen molar-refractivity contribution in [1.29, 1.82) is 0 Å². The summed E-state index contributed by atoms with van der Waals surface area (Å²) in [5.41, 5.74) is 8.43. The minimum Gasteiger partial charge on any atom is -0.397 e. The smallest absolute Gasteiger partial charge is 0.263 e. The number of amides is 1. The van der Waals surface area contributed by atoms with Crippen molar-refractivity contribution in [2.24, 2.45) is 23.7 Å². The molecule has 2 aromatic rings. The van der Waals surface area contributed by atoms with Crippen molar-refractivity contribution in [3.8, 4) is 11.4 Å². The Bertz CT molecular complexity index is 1420. The molecule has 2 aliphatic rings. The maximum Gasteiger partial charge on any atom is 0.263 e. The van der Waals surface area contributed by atoms with Crippen molar-refractivity contribution >= 4 is 87.9 Å². The summed E-state index contributed by atoms with van der Waals surface area (Å²) < 4.78 is 5.38. The molecule has 4 heterocycles. The molecular weight excluding hydrogens is 709 g/mol. The van der Waals surface area contributed by atoms with Crippen LogP contribution in [0.2, 0.25) is 0 Å². The molecule has 2 atom stereocenters. The number of aromatic nitrogens is 2. The number of pyridine rings is 2. The molecule has 3 N–H and O–H groups in total. The first-order valence-electron chi connectivity index (χ1n) is 17.2. The molecule has 262 valence electrons. The highest BCUT2D eigenvalue weighted by molar-refractivity contribution is 8.42. The van der Waals surface area contributed by atoms with E-state index < -0.39 is 0 Å². The molecule has 0 saturated carbocycles. The Hall–Kier alpha value is -1.11. The number of hydrogen-bond acceptors (Lipinski definition) is 10. The number of nitrogen functional groups attached to an aromatic ring is 1. The number of nitrogens with zero attached hydrogens (tertiary/aromatic N) is 2. The van der Waals surface area contributed by atoms with Crippen molar-refractivity contribution < 1.29 is 4.79 Å². The van der Waals surface area contributed by atoms with Crippen LogP contribution in [-0.2, 0) is 4.79 Å². The SMILES string of the molecule is CC(C)CCCC(C)CCSC1=C(SCCC(C)CCCC(C)C)SC(=C2SC=C(C(=O)Nc3cccnc3-c3ncccc3N)S2)S1. The van der Waals surface area contributed by atoms with Gasteiger partial charge >= 0.3 is 0 Å². The van der Waals surface area contributed by atoms with E-state index in [0.717, 1.165) is 35.2 Å². The summed E-state index contributed by atoms with van der Waals surface area (Å²) in [6.45, 7) is 14.1. The summed E-state index contributed by atoms with van der Waals surface area (Å²) >= 11 is 11.1. The van der Waals surface area contributed by atoms with Gasteiger partial charge in [0.05, 0.1) is 33.2 Å². The molecule has 4 rings (SSSR count). The van der Waals surface area contributed by atoms with Crippen LogP contribution in [0.4, 0.5) is 11.4 Å². The largest absolute Gasteiger partial charge is 0.397 e. The Morgan fingerprint density at radius 3 is 1.88 bits per heavy atom. The fraction of sp³-hybridized carbons (Fsp3) is 0.541. The maximum atomic E-state index is 13.5. The highest BCUT2D eigenvalue weighted by Gasteiger charge is 2.30. The minimum absolute atomic E-state index is 0.144. The standard InChI is InChI=1S/C37H52N4OS6/c1-24(2)11-7-13-26(5)17-21-43-34-35(44-22-18-27(6)14-8-12-25(3)4)48-37(47-34)36-45-23-30(46-36)33(42)41-29-16-10-20-40-32(29)31-28(38)15-9-19-39-31/h9-10,15-16,19-20,23-27H,7-8,11-14,17-18,21-22,38H2,1-6H3,(H,41,42). The van der Waals surface area contributed by atoms with E-state index in [2.05, 4.69) is 56.8 Å². The van der Waals surface area contributed by atoms with Crippen LogP contribution in [0, 0.1) is 23.7 Å². The van der Waals surface area contributed by atoms with Gasteiger partial charge < -0.3 is 11.1 Å².